The molecule has 3 aromatic rings. The highest BCUT2D eigenvalue weighted by atomic mass is 16.5. The van der Waals surface area contributed by atoms with Crippen LogP contribution in [-0.4, -0.2) is 25.6 Å². The summed E-state index contributed by atoms with van der Waals surface area (Å²) < 4.78 is 10.7. The van der Waals surface area contributed by atoms with Gasteiger partial charge in [-0.3, -0.25) is 4.79 Å². The smallest absolute Gasteiger partial charge is 0.336 e. The van der Waals surface area contributed by atoms with Crippen molar-refractivity contribution in [3.05, 3.63) is 70.6 Å². The van der Waals surface area contributed by atoms with Crippen molar-refractivity contribution in [2.45, 2.75) is 44.7 Å². The Balaban J connectivity index is 1.26. The molecule has 0 atom stereocenters. The molecule has 4 rings (SSSR count). The van der Waals surface area contributed by atoms with Crippen molar-refractivity contribution in [2.75, 3.05) is 18.6 Å². The summed E-state index contributed by atoms with van der Waals surface area (Å²) in [5, 5.41) is 3.68. The molecule has 1 aliphatic rings. The lowest BCUT2D eigenvalue weighted by Gasteiger charge is -2.33. The Morgan fingerprint density at radius 2 is 1.81 bits per heavy atom. The Labute approximate surface area is 181 Å². The normalized spacial score (nSPS) is 14.4. The minimum atomic E-state index is -0.418. The summed E-state index contributed by atoms with van der Waals surface area (Å²) in [4.78, 5) is 25.9. The first-order valence-electron chi connectivity index (χ1n) is 10.8. The number of hydrogen-bond donors (Lipinski definition) is 1. The molecule has 1 aliphatic carbocycles. The SMILES string of the molecule is CN(c1ccc(CNC(=O)COc2ccc3ccc(=O)oc3c2)cc1)C1CCCCC1. The molecule has 0 saturated heterocycles. The zero-order valence-corrected chi connectivity index (χ0v) is 17.8. The van der Waals surface area contributed by atoms with Crippen LogP contribution in [0, 0.1) is 0 Å². The van der Waals surface area contributed by atoms with Gasteiger partial charge in [-0.15, -0.1) is 0 Å². The van der Waals surface area contributed by atoms with Crippen LogP contribution >= 0.6 is 0 Å². The van der Waals surface area contributed by atoms with E-state index in [1.54, 1.807) is 24.3 Å². The van der Waals surface area contributed by atoms with E-state index in [1.807, 2.05) is 0 Å². The number of ether oxygens (including phenoxy) is 1. The molecule has 6 nitrogen and oxygen atoms in total. The molecule has 0 radical (unpaired) electrons. The van der Waals surface area contributed by atoms with Crippen LogP contribution in [-0.2, 0) is 11.3 Å². The Kier molecular flexibility index (Phi) is 6.55. The number of nitrogens with zero attached hydrogens (tertiary/aromatic N) is 1. The van der Waals surface area contributed by atoms with Gasteiger partial charge in [0.05, 0.1) is 0 Å². The monoisotopic (exact) mass is 420 g/mol. The maximum absolute atomic E-state index is 12.2. The second-order valence-electron chi connectivity index (χ2n) is 8.09. The number of hydrogen-bond acceptors (Lipinski definition) is 5. The second-order valence-corrected chi connectivity index (χ2v) is 8.09. The summed E-state index contributed by atoms with van der Waals surface area (Å²) in [5.74, 6) is 0.269. The number of carbonyl (C=O) groups excluding carboxylic acids is 1. The van der Waals surface area contributed by atoms with E-state index in [9.17, 15) is 9.59 Å². The summed E-state index contributed by atoms with van der Waals surface area (Å²) >= 11 is 0. The largest absolute Gasteiger partial charge is 0.484 e. The van der Waals surface area contributed by atoms with Gasteiger partial charge < -0.3 is 19.4 Å². The minimum absolute atomic E-state index is 0.106. The van der Waals surface area contributed by atoms with Crippen LogP contribution in [0.1, 0.15) is 37.7 Å². The predicted octanol–water partition coefficient (Wildman–Crippen LogP) is 4.26. The lowest BCUT2D eigenvalue weighted by atomic mass is 9.94. The molecule has 1 N–H and O–H groups in total. The van der Waals surface area contributed by atoms with E-state index in [0.29, 0.717) is 23.9 Å². The van der Waals surface area contributed by atoms with Crippen LogP contribution in [0.25, 0.3) is 11.0 Å². The minimum Gasteiger partial charge on any atom is -0.484 e. The first kappa shape index (κ1) is 21.0. The third-order valence-corrected chi connectivity index (χ3v) is 5.92. The molecule has 6 heteroatoms. The maximum Gasteiger partial charge on any atom is 0.336 e. The Bertz CT molecular complexity index is 1080. The van der Waals surface area contributed by atoms with E-state index in [1.165, 1.54) is 43.9 Å². The van der Waals surface area contributed by atoms with Gasteiger partial charge in [0.1, 0.15) is 11.3 Å². The number of fused-ring (bicyclic) bond motifs is 1. The van der Waals surface area contributed by atoms with E-state index in [4.69, 9.17) is 9.15 Å². The molecule has 2 aromatic carbocycles. The van der Waals surface area contributed by atoms with Crippen LogP contribution in [0.5, 0.6) is 5.75 Å². The Hall–Kier alpha value is -3.28. The predicted molar refractivity (Wildman–Crippen MR) is 122 cm³/mol. The van der Waals surface area contributed by atoms with E-state index >= 15 is 0 Å². The van der Waals surface area contributed by atoms with Crippen molar-refractivity contribution in [1.82, 2.24) is 5.32 Å². The van der Waals surface area contributed by atoms with Crippen LogP contribution < -0.4 is 20.6 Å². The lowest BCUT2D eigenvalue weighted by Crippen LogP contribution is -2.33. The van der Waals surface area contributed by atoms with Gasteiger partial charge >= 0.3 is 5.63 Å². The highest BCUT2D eigenvalue weighted by Crippen LogP contribution is 2.26. The molecule has 1 heterocycles. The number of amides is 1. The van der Waals surface area contributed by atoms with E-state index in [-0.39, 0.29) is 12.5 Å². The lowest BCUT2D eigenvalue weighted by molar-refractivity contribution is -0.123. The van der Waals surface area contributed by atoms with Gasteiger partial charge in [0.25, 0.3) is 5.91 Å². The summed E-state index contributed by atoms with van der Waals surface area (Å²) in [6.07, 6.45) is 6.50. The average Bonchev–Trinajstić information content (AvgIpc) is 2.81. The van der Waals surface area contributed by atoms with Crippen LogP contribution in [0.15, 0.2) is 63.8 Å². The van der Waals surface area contributed by atoms with Crippen LogP contribution in [0.2, 0.25) is 0 Å². The zero-order chi connectivity index (χ0) is 21.6. The van der Waals surface area contributed by atoms with Gasteiger partial charge in [0.2, 0.25) is 0 Å². The van der Waals surface area contributed by atoms with Crippen molar-refractivity contribution in [3.63, 3.8) is 0 Å². The quantitative estimate of drug-likeness (QED) is 0.579. The van der Waals surface area contributed by atoms with Crippen molar-refractivity contribution in [3.8, 4) is 5.75 Å². The van der Waals surface area contributed by atoms with E-state index in [2.05, 4.69) is 41.5 Å². The van der Waals surface area contributed by atoms with Crippen LogP contribution in [0.3, 0.4) is 0 Å². The number of anilines is 1. The summed E-state index contributed by atoms with van der Waals surface area (Å²) in [6, 6.07) is 17.2. The highest BCUT2D eigenvalue weighted by molar-refractivity contribution is 5.79. The molecule has 0 spiro atoms. The van der Waals surface area contributed by atoms with Crippen molar-refractivity contribution >= 4 is 22.6 Å². The third-order valence-electron chi connectivity index (χ3n) is 5.92. The number of carbonyl (C=O) groups is 1. The first-order chi connectivity index (χ1) is 15.1. The first-order valence-corrected chi connectivity index (χ1v) is 10.8. The van der Waals surface area contributed by atoms with Gasteiger partial charge in [-0.1, -0.05) is 31.4 Å². The number of nitrogens with one attached hydrogen (secondary N) is 1. The molecular formula is C25H28N2O4. The standard InChI is InChI=1S/C25H28N2O4/c1-27(20-5-3-2-4-6-20)21-11-7-18(8-12-21)16-26-24(28)17-30-22-13-9-19-10-14-25(29)31-23(19)15-22/h7-15,20H,2-6,16-17H2,1H3,(H,26,28). The molecule has 162 valence electrons. The highest BCUT2D eigenvalue weighted by Gasteiger charge is 2.18. The molecule has 1 fully saturated rings. The molecule has 0 unspecified atom stereocenters. The van der Waals surface area contributed by atoms with Crippen molar-refractivity contribution in [2.24, 2.45) is 0 Å². The molecule has 1 aromatic heterocycles. The van der Waals surface area contributed by atoms with Gasteiger partial charge in [0, 0.05) is 42.8 Å². The van der Waals surface area contributed by atoms with E-state index < -0.39 is 5.63 Å². The van der Waals surface area contributed by atoms with Gasteiger partial charge in [0.15, 0.2) is 6.61 Å². The molecule has 0 aliphatic heterocycles. The van der Waals surface area contributed by atoms with E-state index in [0.717, 1.165) is 10.9 Å². The Morgan fingerprint density at radius 3 is 2.58 bits per heavy atom. The number of rotatable bonds is 7. The molecule has 1 saturated carbocycles. The van der Waals surface area contributed by atoms with Gasteiger partial charge in [-0.2, -0.15) is 0 Å². The van der Waals surface area contributed by atoms with Crippen molar-refractivity contribution in [1.29, 1.82) is 0 Å². The fraction of sp³-hybridized carbons (Fsp3) is 0.360. The fourth-order valence-electron chi connectivity index (χ4n) is 4.06. The molecule has 1 amide bonds. The fourth-order valence-corrected chi connectivity index (χ4v) is 4.06. The maximum atomic E-state index is 12.2. The molecular weight excluding hydrogens is 392 g/mol. The Morgan fingerprint density at radius 1 is 1.06 bits per heavy atom. The van der Waals surface area contributed by atoms with Gasteiger partial charge in [-0.25, -0.2) is 4.79 Å². The summed E-state index contributed by atoms with van der Waals surface area (Å²) in [5.41, 5.74) is 2.27. The number of benzene rings is 2. The van der Waals surface area contributed by atoms with Gasteiger partial charge in [-0.05, 0) is 48.7 Å². The van der Waals surface area contributed by atoms with Crippen molar-refractivity contribution < 1.29 is 13.9 Å². The third kappa shape index (κ3) is 5.45. The average molecular weight is 421 g/mol. The summed E-state index contributed by atoms with van der Waals surface area (Å²) in [6.45, 7) is 0.341. The topological polar surface area (TPSA) is 71.8 Å². The zero-order valence-electron chi connectivity index (χ0n) is 17.8. The summed E-state index contributed by atoms with van der Waals surface area (Å²) in [7, 11) is 2.17. The molecule has 31 heavy (non-hydrogen) atoms. The second kappa shape index (κ2) is 9.69. The molecule has 0 bridgehead atoms. The van der Waals surface area contributed by atoms with Crippen LogP contribution in [0.4, 0.5) is 5.69 Å².